The predicted octanol–water partition coefficient (Wildman–Crippen LogP) is 3.05. The number of fused-ring (bicyclic) bond motifs is 4. The average Bonchev–Trinajstić information content (AvgIpc) is 2.89. The summed E-state index contributed by atoms with van der Waals surface area (Å²) in [6, 6.07) is 5.02. The molecule has 3 unspecified atom stereocenters. The molecule has 2 heterocycles. The van der Waals surface area contributed by atoms with Crippen molar-refractivity contribution in [3.63, 3.8) is 0 Å². The van der Waals surface area contributed by atoms with Gasteiger partial charge in [-0.25, -0.2) is 0 Å². The maximum absolute atomic E-state index is 6.08. The number of rotatable bonds is 2. The number of ether oxygens (including phenoxy) is 2. The van der Waals surface area contributed by atoms with Crippen LogP contribution in [-0.4, -0.2) is 18.9 Å². The van der Waals surface area contributed by atoms with Crippen molar-refractivity contribution in [2.45, 2.75) is 57.8 Å². The van der Waals surface area contributed by atoms with Crippen molar-refractivity contribution in [3.8, 4) is 11.5 Å². The molecular formula is C17H23NO2. The van der Waals surface area contributed by atoms with Crippen molar-refractivity contribution in [1.82, 2.24) is 5.32 Å². The van der Waals surface area contributed by atoms with Gasteiger partial charge in [-0.05, 0) is 56.2 Å². The molecule has 0 saturated carbocycles. The minimum absolute atomic E-state index is 0.0660. The quantitative estimate of drug-likeness (QED) is 0.898. The van der Waals surface area contributed by atoms with Crippen molar-refractivity contribution in [3.05, 3.63) is 23.3 Å². The van der Waals surface area contributed by atoms with E-state index in [1.165, 1.54) is 30.5 Å². The molecule has 0 spiro atoms. The summed E-state index contributed by atoms with van der Waals surface area (Å²) in [6.07, 6.45) is 6.95. The molecule has 2 aliphatic heterocycles. The predicted molar refractivity (Wildman–Crippen MR) is 78.3 cm³/mol. The Morgan fingerprint density at radius 3 is 3.10 bits per heavy atom. The van der Waals surface area contributed by atoms with E-state index in [0.29, 0.717) is 6.04 Å². The molecule has 1 saturated heterocycles. The van der Waals surface area contributed by atoms with Gasteiger partial charge >= 0.3 is 0 Å². The molecule has 20 heavy (non-hydrogen) atoms. The Bertz CT molecular complexity index is 514. The van der Waals surface area contributed by atoms with Gasteiger partial charge in [0.2, 0.25) is 6.29 Å². The molecule has 0 bridgehead atoms. The number of nitrogens with one attached hydrogen (secondary N) is 1. The van der Waals surface area contributed by atoms with Crippen LogP contribution >= 0.6 is 0 Å². The van der Waals surface area contributed by atoms with Crippen molar-refractivity contribution in [2.75, 3.05) is 6.54 Å². The first-order chi connectivity index (χ1) is 9.85. The molecule has 1 fully saturated rings. The highest BCUT2D eigenvalue weighted by Crippen LogP contribution is 2.44. The van der Waals surface area contributed by atoms with Crippen molar-refractivity contribution >= 4 is 0 Å². The molecule has 3 heteroatoms. The van der Waals surface area contributed by atoms with Gasteiger partial charge < -0.3 is 14.8 Å². The van der Waals surface area contributed by atoms with Gasteiger partial charge in [-0.15, -0.1) is 0 Å². The van der Waals surface area contributed by atoms with E-state index in [1.807, 2.05) is 0 Å². The Balaban J connectivity index is 1.64. The van der Waals surface area contributed by atoms with Gasteiger partial charge in [-0.3, -0.25) is 0 Å². The van der Waals surface area contributed by atoms with Gasteiger partial charge in [0.05, 0.1) is 0 Å². The van der Waals surface area contributed by atoms with E-state index in [-0.39, 0.29) is 6.29 Å². The Morgan fingerprint density at radius 1 is 1.25 bits per heavy atom. The number of benzene rings is 1. The fourth-order valence-corrected chi connectivity index (χ4v) is 3.94. The maximum Gasteiger partial charge on any atom is 0.241 e. The van der Waals surface area contributed by atoms with Crippen LogP contribution in [0.5, 0.6) is 11.5 Å². The topological polar surface area (TPSA) is 30.5 Å². The van der Waals surface area contributed by atoms with Crippen LogP contribution in [0.1, 0.15) is 43.7 Å². The van der Waals surface area contributed by atoms with Crippen LogP contribution in [0.15, 0.2) is 12.1 Å². The highest BCUT2D eigenvalue weighted by Gasteiger charge is 2.35. The van der Waals surface area contributed by atoms with Crippen LogP contribution in [0.4, 0.5) is 0 Å². The number of hydrogen-bond acceptors (Lipinski definition) is 3. The van der Waals surface area contributed by atoms with E-state index >= 15 is 0 Å². The average molecular weight is 273 g/mol. The number of hydrogen-bond donors (Lipinski definition) is 1. The zero-order valence-corrected chi connectivity index (χ0v) is 12.2. The first kappa shape index (κ1) is 12.5. The van der Waals surface area contributed by atoms with Crippen molar-refractivity contribution in [2.24, 2.45) is 5.92 Å². The summed E-state index contributed by atoms with van der Waals surface area (Å²) in [5.41, 5.74) is 2.88. The molecule has 1 aliphatic carbocycles. The van der Waals surface area contributed by atoms with Crippen molar-refractivity contribution in [1.29, 1.82) is 0 Å². The van der Waals surface area contributed by atoms with E-state index in [2.05, 4.69) is 24.4 Å². The van der Waals surface area contributed by atoms with Crippen molar-refractivity contribution < 1.29 is 9.47 Å². The Kier molecular flexibility index (Phi) is 3.10. The zero-order chi connectivity index (χ0) is 13.5. The minimum atomic E-state index is -0.0660. The van der Waals surface area contributed by atoms with Crippen LogP contribution < -0.4 is 14.8 Å². The summed E-state index contributed by atoms with van der Waals surface area (Å²) in [7, 11) is 0. The standard InChI is InChI=1S/C17H23NO2/c1-2-4-16-19-15-7-6-11-10-14-12(5-3-8-18-14)9-13(11)17(15)20-16/h6-7,12,14,16,18H,2-5,8-10H2,1H3. The molecule has 0 amide bonds. The lowest BCUT2D eigenvalue weighted by Crippen LogP contribution is -2.46. The molecule has 1 N–H and O–H groups in total. The van der Waals surface area contributed by atoms with Crippen LogP contribution in [0.25, 0.3) is 0 Å². The second-order valence-corrected chi connectivity index (χ2v) is 6.36. The van der Waals surface area contributed by atoms with Crippen LogP contribution in [0.3, 0.4) is 0 Å². The largest absolute Gasteiger partial charge is 0.451 e. The molecule has 108 valence electrons. The molecule has 3 aliphatic rings. The normalized spacial score (nSPS) is 30.8. The summed E-state index contributed by atoms with van der Waals surface area (Å²) < 4.78 is 12.0. The molecule has 1 aromatic carbocycles. The summed E-state index contributed by atoms with van der Waals surface area (Å²) in [5.74, 6) is 2.78. The number of piperidine rings is 1. The SMILES string of the molecule is CCCC1Oc2ccc3c(c2O1)CC1CCCNC1C3. The Morgan fingerprint density at radius 2 is 2.20 bits per heavy atom. The van der Waals surface area contributed by atoms with Gasteiger partial charge in [-0.2, -0.15) is 0 Å². The van der Waals surface area contributed by atoms with E-state index in [4.69, 9.17) is 9.47 Å². The minimum Gasteiger partial charge on any atom is -0.451 e. The van der Waals surface area contributed by atoms with Crippen LogP contribution in [0, 0.1) is 5.92 Å². The van der Waals surface area contributed by atoms with E-state index in [9.17, 15) is 0 Å². The molecular weight excluding hydrogens is 250 g/mol. The second kappa shape index (κ2) is 4.96. The van der Waals surface area contributed by atoms with E-state index in [1.54, 1.807) is 0 Å². The van der Waals surface area contributed by atoms with Gasteiger partial charge in [0.1, 0.15) is 0 Å². The molecule has 3 nitrogen and oxygen atoms in total. The maximum atomic E-state index is 6.08. The lowest BCUT2D eigenvalue weighted by molar-refractivity contribution is 0.0406. The summed E-state index contributed by atoms with van der Waals surface area (Å²) in [5, 5.41) is 3.69. The summed E-state index contributed by atoms with van der Waals surface area (Å²) in [6.45, 7) is 3.35. The fraction of sp³-hybridized carbons (Fsp3) is 0.647. The van der Waals surface area contributed by atoms with E-state index < -0.39 is 0 Å². The van der Waals surface area contributed by atoms with Crippen LogP contribution in [-0.2, 0) is 12.8 Å². The third-order valence-electron chi connectivity index (χ3n) is 4.99. The third kappa shape index (κ3) is 1.99. The van der Waals surface area contributed by atoms with Gasteiger partial charge in [-0.1, -0.05) is 13.0 Å². The first-order valence-electron chi connectivity index (χ1n) is 8.06. The summed E-state index contributed by atoms with van der Waals surface area (Å²) >= 11 is 0. The van der Waals surface area contributed by atoms with E-state index in [0.717, 1.165) is 43.1 Å². The summed E-state index contributed by atoms with van der Waals surface area (Å²) in [4.78, 5) is 0. The third-order valence-corrected chi connectivity index (χ3v) is 4.99. The first-order valence-corrected chi connectivity index (χ1v) is 8.06. The monoisotopic (exact) mass is 273 g/mol. The molecule has 3 atom stereocenters. The molecule has 1 aromatic rings. The molecule has 4 rings (SSSR count). The molecule has 0 aromatic heterocycles. The highest BCUT2D eigenvalue weighted by atomic mass is 16.7. The smallest absolute Gasteiger partial charge is 0.241 e. The zero-order valence-electron chi connectivity index (χ0n) is 12.2. The highest BCUT2D eigenvalue weighted by molar-refractivity contribution is 5.54. The lowest BCUT2D eigenvalue weighted by Gasteiger charge is -2.37. The van der Waals surface area contributed by atoms with Gasteiger partial charge in [0, 0.05) is 18.0 Å². The van der Waals surface area contributed by atoms with Crippen LogP contribution in [0.2, 0.25) is 0 Å². The van der Waals surface area contributed by atoms with Gasteiger partial charge in [0.25, 0.3) is 0 Å². The fourth-order valence-electron chi connectivity index (χ4n) is 3.94. The Hall–Kier alpha value is -1.22. The Labute approximate surface area is 120 Å². The van der Waals surface area contributed by atoms with Gasteiger partial charge in [0.15, 0.2) is 11.5 Å². The lowest BCUT2D eigenvalue weighted by atomic mass is 9.76. The molecule has 0 radical (unpaired) electrons. The second-order valence-electron chi connectivity index (χ2n) is 6.36.